The second kappa shape index (κ2) is 6.90. The molecule has 98 valence electrons. The Balaban J connectivity index is 2.55. The molecule has 0 saturated heterocycles. The standard InChI is InChI=1S/C13H21ClO3/c1-3-4-8-13(9-6-5-7-10-13)17-12(15)16-11(2)14/h2-10H2,1H3. The topological polar surface area (TPSA) is 35.5 Å². The fourth-order valence-electron chi connectivity index (χ4n) is 2.39. The van der Waals surface area contributed by atoms with E-state index in [4.69, 9.17) is 16.3 Å². The van der Waals surface area contributed by atoms with E-state index in [1.165, 1.54) is 6.42 Å². The average molecular weight is 261 g/mol. The van der Waals surface area contributed by atoms with E-state index in [1.54, 1.807) is 0 Å². The third-order valence-corrected chi connectivity index (χ3v) is 3.32. The first-order valence-electron chi connectivity index (χ1n) is 6.33. The maximum atomic E-state index is 11.5. The summed E-state index contributed by atoms with van der Waals surface area (Å²) in [7, 11) is 0. The molecule has 17 heavy (non-hydrogen) atoms. The summed E-state index contributed by atoms with van der Waals surface area (Å²) in [6.45, 7) is 5.45. The number of rotatable bonds is 5. The van der Waals surface area contributed by atoms with Gasteiger partial charge in [-0.3, -0.25) is 0 Å². The van der Waals surface area contributed by atoms with Crippen molar-refractivity contribution in [1.82, 2.24) is 0 Å². The highest BCUT2D eigenvalue weighted by Crippen LogP contribution is 2.36. The molecule has 1 aliphatic carbocycles. The lowest BCUT2D eigenvalue weighted by atomic mass is 9.81. The Morgan fingerprint density at radius 2 is 2.00 bits per heavy atom. The number of hydrogen-bond acceptors (Lipinski definition) is 3. The van der Waals surface area contributed by atoms with E-state index < -0.39 is 6.16 Å². The van der Waals surface area contributed by atoms with Crippen molar-refractivity contribution in [3.8, 4) is 0 Å². The molecule has 1 rings (SSSR count). The van der Waals surface area contributed by atoms with Gasteiger partial charge in [-0.2, -0.15) is 0 Å². The third-order valence-electron chi connectivity index (χ3n) is 3.24. The molecule has 1 aliphatic rings. The van der Waals surface area contributed by atoms with E-state index in [0.717, 1.165) is 44.9 Å². The molecule has 0 aromatic heterocycles. The molecule has 0 spiro atoms. The Labute approximate surface area is 108 Å². The molecular weight excluding hydrogens is 240 g/mol. The maximum Gasteiger partial charge on any atom is 0.515 e. The molecular formula is C13H21ClO3. The van der Waals surface area contributed by atoms with E-state index in [2.05, 4.69) is 18.2 Å². The summed E-state index contributed by atoms with van der Waals surface area (Å²) in [6.07, 6.45) is 7.65. The average Bonchev–Trinajstić information content (AvgIpc) is 2.26. The van der Waals surface area contributed by atoms with Gasteiger partial charge in [0.05, 0.1) is 0 Å². The van der Waals surface area contributed by atoms with Gasteiger partial charge in [0.1, 0.15) is 5.60 Å². The molecule has 0 bridgehead atoms. The van der Waals surface area contributed by atoms with Crippen LogP contribution in [0.3, 0.4) is 0 Å². The summed E-state index contributed by atoms with van der Waals surface area (Å²) in [5.41, 5.74) is -0.336. The highest BCUT2D eigenvalue weighted by atomic mass is 35.5. The van der Waals surface area contributed by atoms with E-state index >= 15 is 0 Å². The van der Waals surface area contributed by atoms with Crippen LogP contribution < -0.4 is 0 Å². The largest absolute Gasteiger partial charge is 0.515 e. The summed E-state index contributed by atoms with van der Waals surface area (Å²) < 4.78 is 10.2. The van der Waals surface area contributed by atoms with E-state index in [0.29, 0.717) is 0 Å². The molecule has 3 nitrogen and oxygen atoms in total. The summed E-state index contributed by atoms with van der Waals surface area (Å²) in [6, 6.07) is 0. The van der Waals surface area contributed by atoms with Gasteiger partial charge in [0, 0.05) is 0 Å². The highest BCUT2D eigenvalue weighted by molar-refractivity contribution is 6.28. The lowest BCUT2D eigenvalue weighted by molar-refractivity contribution is -0.0508. The van der Waals surface area contributed by atoms with Crippen molar-refractivity contribution in [3.05, 3.63) is 11.8 Å². The molecule has 0 radical (unpaired) electrons. The fraction of sp³-hybridized carbons (Fsp3) is 0.769. The summed E-state index contributed by atoms with van der Waals surface area (Å²) in [4.78, 5) is 11.5. The second-order valence-corrected chi connectivity index (χ2v) is 5.08. The number of halogens is 1. The zero-order valence-electron chi connectivity index (χ0n) is 10.5. The van der Waals surface area contributed by atoms with Gasteiger partial charge >= 0.3 is 6.16 Å². The van der Waals surface area contributed by atoms with Gasteiger partial charge in [-0.1, -0.05) is 19.8 Å². The molecule has 0 N–H and O–H groups in total. The van der Waals surface area contributed by atoms with Crippen molar-refractivity contribution in [2.24, 2.45) is 0 Å². The van der Waals surface area contributed by atoms with Crippen molar-refractivity contribution in [3.63, 3.8) is 0 Å². The number of ether oxygens (including phenoxy) is 2. The number of hydrogen-bond donors (Lipinski definition) is 0. The van der Waals surface area contributed by atoms with Gasteiger partial charge in [-0.25, -0.2) is 4.79 Å². The van der Waals surface area contributed by atoms with Crippen LogP contribution in [0.5, 0.6) is 0 Å². The second-order valence-electron chi connectivity index (χ2n) is 4.66. The lowest BCUT2D eigenvalue weighted by Gasteiger charge is -2.36. The quantitative estimate of drug-likeness (QED) is 0.529. The zero-order valence-corrected chi connectivity index (χ0v) is 11.2. The minimum atomic E-state index is -0.719. The smallest absolute Gasteiger partial charge is 0.427 e. The fourth-order valence-corrected chi connectivity index (χ4v) is 2.45. The van der Waals surface area contributed by atoms with Gasteiger partial charge in [-0.05, 0) is 56.7 Å². The van der Waals surface area contributed by atoms with Crippen molar-refractivity contribution in [2.75, 3.05) is 0 Å². The summed E-state index contributed by atoms with van der Waals surface area (Å²) in [5, 5.41) is -0.142. The molecule has 0 amide bonds. The lowest BCUT2D eigenvalue weighted by Crippen LogP contribution is -2.37. The minimum Gasteiger partial charge on any atom is -0.427 e. The van der Waals surface area contributed by atoms with Crippen LogP contribution in [0.2, 0.25) is 0 Å². The van der Waals surface area contributed by atoms with Gasteiger partial charge in [0.15, 0.2) is 5.22 Å². The normalized spacial score (nSPS) is 18.5. The van der Waals surface area contributed by atoms with Crippen LogP contribution in [0.15, 0.2) is 11.8 Å². The van der Waals surface area contributed by atoms with Crippen LogP contribution in [-0.4, -0.2) is 11.8 Å². The van der Waals surface area contributed by atoms with Crippen molar-refractivity contribution in [2.45, 2.75) is 63.9 Å². The van der Waals surface area contributed by atoms with Crippen LogP contribution in [0.25, 0.3) is 0 Å². The maximum absolute atomic E-state index is 11.5. The van der Waals surface area contributed by atoms with Gasteiger partial charge < -0.3 is 9.47 Å². The first-order chi connectivity index (χ1) is 8.08. The molecule has 0 heterocycles. The predicted octanol–water partition coefficient (Wildman–Crippen LogP) is 4.74. The summed E-state index contributed by atoms with van der Waals surface area (Å²) >= 11 is 5.42. The zero-order chi connectivity index (χ0) is 12.7. The van der Waals surface area contributed by atoms with Crippen molar-refractivity contribution < 1.29 is 14.3 Å². The molecule has 0 unspecified atom stereocenters. The number of unbranched alkanes of at least 4 members (excludes halogenated alkanes) is 1. The highest BCUT2D eigenvalue weighted by Gasteiger charge is 2.36. The Hall–Kier alpha value is -0.700. The van der Waals surface area contributed by atoms with Crippen LogP contribution in [0.1, 0.15) is 58.3 Å². The number of carbonyl (C=O) groups is 1. The first kappa shape index (κ1) is 14.4. The molecule has 0 atom stereocenters. The third kappa shape index (κ3) is 4.99. The van der Waals surface area contributed by atoms with E-state index in [1.807, 2.05) is 0 Å². The molecule has 4 heteroatoms. The van der Waals surface area contributed by atoms with E-state index in [-0.39, 0.29) is 10.8 Å². The molecule has 1 saturated carbocycles. The van der Waals surface area contributed by atoms with Gasteiger partial charge in [0.25, 0.3) is 0 Å². The Kier molecular flexibility index (Phi) is 5.83. The molecule has 0 aromatic rings. The SMILES string of the molecule is C=C(Cl)OC(=O)OC1(CCCC)CCCCC1. The van der Waals surface area contributed by atoms with Crippen molar-refractivity contribution in [1.29, 1.82) is 0 Å². The first-order valence-corrected chi connectivity index (χ1v) is 6.71. The molecule has 1 fully saturated rings. The minimum absolute atomic E-state index is 0.142. The Bertz CT molecular complexity index is 270. The van der Waals surface area contributed by atoms with E-state index in [9.17, 15) is 4.79 Å². The summed E-state index contributed by atoms with van der Waals surface area (Å²) in [5.74, 6) is 0. The number of carbonyl (C=O) groups excluding carboxylic acids is 1. The Morgan fingerprint density at radius 3 is 2.53 bits per heavy atom. The predicted molar refractivity (Wildman–Crippen MR) is 67.9 cm³/mol. The Morgan fingerprint density at radius 1 is 1.35 bits per heavy atom. The molecule has 0 aliphatic heterocycles. The monoisotopic (exact) mass is 260 g/mol. The van der Waals surface area contributed by atoms with Gasteiger partial charge in [-0.15, -0.1) is 0 Å². The van der Waals surface area contributed by atoms with Crippen molar-refractivity contribution >= 4 is 17.8 Å². The van der Waals surface area contributed by atoms with Gasteiger partial charge in [0.2, 0.25) is 0 Å². The van der Waals surface area contributed by atoms with Crippen LogP contribution >= 0.6 is 11.6 Å². The van der Waals surface area contributed by atoms with Crippen LogP contribution in [-0.2, 0) is 9.47 Å². The van der Waals surface area contributed by atoms with Crippen LogP contribution in [0.4, 0.5) is 4.79 Å². The van der Waals surface area contributed by atoms with Crippen LogP contribution in [0, 0.1) is 0 Å². The molecule has 0 aromatic carbocycles.